The molecule has 0 fully saturated rings. The van der Waals surface area contributed by atoms with E-state index in [9.17, 15) is 89.5 Å². The van der Waals surface area contributed by atoms with Gasteiger partial charge in [0.15, 0.2) is 5.13 Å². The van der Waals surface area contributed by atoms with Crippen molar-refractivity contribution in [2.24, 2.45) is 0 Å². The highest BCUT2D eigenvalue weighted by Gasteiger charge is 2.85. The second kappa shape index (κ2) is 9.45. The standard InChI is InChI=1S/C12H2F17N3O5S/c13-5(8(17,18)19,3(33)31-4-30-1-2(38-4)32(34)35)36-12(28,29)7(16,10(23,24)25)37-11(26,27)6(14,15)9(20,21)22/h1H,(H,30,31,33). The molecule has 0 bridgehead atoms. The van der Waals surface area contributed by atoms with Crippen molar-refractivity contribution in [1.82, 2.24) is 4.98 Å². The van der Waals surface area contributed by atoms with Crippen LogP contribution in [0.1, 0.15) is 0 Å². The molecule has 1 rings (SSSR count). The van der Waals surface area contributed by atoms with Crippen LogP contribution in [0.4, 0.5) is 84.8 Å². The summed E-state index contributed by atoms with van der Waals surface area (Å²) in [6.45, 7) is 0. The maximum absolute atomic E-state index is 14.3. The number of carbonyl (C=O) groups excluding carboxylic acids is 1. The molecule has 1 heterocycles. The molecule has 8 nitrogen and oxygen atoms in total. The van der Waals surface area contributed by atoms with E-state index in [0.29, 0.717) is 5.32 Å². The number of nitrogens with zero attached hydrogens (tertiary/aromatic N) is 2. The number of carbonyl (C=O) groups is 1. The van der Waals surface area contributed by atoms with E-state index in [0.717, 1.165) is 0 Å². The largest absolute Gasteiger partial charge is 0.462 e. The number of hydrogen-bond acceptors (Lipinski definition) is 7. The lowest BCUT2D eigenvalue weighted by Crippen LogP contribution is -2.68. The van der Waals surface area contributed by atoms with E-state index < -0.39 is 80.7 Å². The average Bonchev–Trinajstić information content (AvgIpc) is 3.13. The summed E-state index contributed by atoms with van der Waals surface area (Å²) in [5.41, 5.74) is 0. The van der Waals surface area contributed by atoms with Gasteiger partial charge in [-0.2, -0.15) is 74.6 Å². The van der Waals surface area contributed by atoms with E-state index in [1.54, 1.807) is 0 Å². The summed E-state index contributed by atoms with van der Waals surface area (Å²) in [7, 11) is 0. The molecule has 0 aromatic carbocycles. The number of halogens is 17. The molecule has 26 heteroatoms. The predicted octanol–water partition coefficient (Wildman–Crippen LogP) is 5.86. The molecule has 0 saturated heterocycles. The zero-order valence-corrected chi connectivity index (χ0v) is 17.2. The number of alkyl halides is 17. The van der Waals surface area contributed by atoms with Crippen LogP contribution in [0.3, 0.4) is 0 Å². The zero-order valence-electron chi connectivity index (χ0n) is 16.3. The van der Waals surface area contributed by atoms with Gasteiger partial charge in [-0.3, -0.25) is 29.7 Å². The monoisotopic (exact) mass is 623 g/mol. The summed E-state index contributed by atoms with van der Waals surface area (Å²) in [5, 5.41) is 8.31. The normalized spacial score (nSPS) is 17.5. The molecule has 220 valence electrons. The number of ether oxygens (including phenoxy) is 2. The molecule has 1 aromatic rings. The van der Waals surface area contributed by atoms with Crippen molar-refractivity contribution in [3.05, 3.63) is 16.3 Å². The van der Waals surface area contributed by atoms with Gasteiger partial charge in [0.2, 0.25) is 0 Å². The first-order valence-corrected chi connectivity index (χ1v) is 8.82. The van der Waals surface area contributed by atoms with E-state index in [1.165, 1.54) is 4.74 Å². The van der Waals surface area contributed by atoms with Crippen LogP contribution >= 0.6 is 11.3 Å². The lowest BCUT2D eigenvalue weighted by Gasteiger charge is -2.40. The van der Waals surface area contributed by atoms with Crippen molar-refractivity contribution >= 4 is 27.4 Å². The van der Waals surface area contributed by atoms with Gasteiger partial charge in [0.25, 0.3) is 0 Å². The minimum atomic E-state index is -8.15. The Morgan fingerprint density at radius 1 is 0.789 bits per heavy atom. The fraction of sp³-hybridized carbons (Fsp3) is 0.667. The van der Waals surface area contributed by atoms with Crippen molar-refractivity contribution in [3.63, 3.8) is 0 Å². The van der Waals surface area contributed by atoms with E-state index in [1.807, 2.05) is 4.74 Å². The number of nitrogens with one attached hydrogen (secondary N) is 1. The van der Waals surface area contributed by atoms with Crippen LogP contribution in [0.25, 0.3) is 0 Å². The Morgan fingerprint density at radius 3 is 1.61 bits per heavy atom. The topological polar surface area (TPSA) is 104 Å². The highest BCUT2D eigenvalue weighted by Crippen LogP contribution is 2.56. The van der Waals surface area contributed by atoms with Gasteiger partial charge in [-0.15, -0.1) is 0 Å². The van der Waals surface area contributed by atoms with Gasteiger partial charge in [0.1, 0.15) is 6.20 Å². The van der Waals surface area contributed by atoms with Crippen LogP contribution in [-0.4, -0.2) is 64.2 Å². The summed E-state index contributed by atoms with van der Waals surface area (Å²) >= 11 is -0.450. The third-order valence-corrected chi connectivity index (χ3v) is 4.41. The number of amides is 1. The number of nitro groups is 1. The highest BCUT2D eigenvalue weighted by molar-refractivity contribution is 7.18. The van der Waals surface area contributed by atoms with Gasteiger partial charge in [-0.25, -0.2) is 4.98 Å². The Hall–Kier alpha value is -2.77. The Balaban J connectivity index is 3.61. The van der Waals surface area contributed by atoms with Crippen molar-refractivity contribution in [2.75, 3.05) is 5.32 Å². The van der Waals surface area contributed by atoms with Crippen LogP contribution in [0.2, 0.25) is 0 Å². The second-order valence-electron chi connectivity index (χ2n) is 6.21. The van der Waals surface area contributed by atoms with E-state index in [2.05, 4.69) is 4.98 Å². The lowest BCUT2D eigenvalue weighted by atomic mass is 10.2. The Kier molecular flexibility index (Phi) is 8.27. The van der Waals surface area contributed by atoms with Gasteiger partial charge >= 0.3 is 59.3 Å². The first kappa shape index (κ1) is 33.3. The molecule has 0 aliphatic rings. The average molecular weight is 623 g/mol. The van der Waals surface area contributed by atoms with Crippen LogP contribution in [0, 0.1) is 10.1 Å². The zero-order chi connectivity index (χ0) is 30.6. The lowest BCUT2D eigenvalue weighted by molar-refractivity contribution is -0.548. The fourth-order valence-electron chi connectivity index (χ4n) is 1.75. The van der Waals surface area contributed by atoms with E-state index in [-0.39, 0.29) is 6.20 Å². The molecule has 1 aromatic heterocycles. The molecule has 1 N–H and O–H groups in total. The minimum absolute atomic E-state index is 0.135. The summed E-state index contributed by atoms with van der Waals surface area (Å²) in [6, 6.07) is 0. The molecule has 0 aliphatic heterocycles. The van der Waals surface area contributed by atoms with Crippen LogP contribution in [0.5, 0.6) is 0 Å². The predicted molar refractivity (Wildman–Crippen MR) is 80.3 cm³/mol. The third kappa shape index (κ3) is 5.79. The molecule has 2 unspecified atom stereocenters. The smallest absolute Gasteiger partial charge is 0.296 e. The molecule has 0 aliphatic carbocycles. The summed E-state index contributed by atoms with van der Waals surface area (Å²) in [6.07, 6.45) is -38.9. The Morgan fingerprint density at radius 2 is 1.26 bits per heavy atom. The summed E-state index contributed by atoms with van der Waals surface area (Å²) in [4.78, 5) is 23.4. The SMILES string of the molecule is O=C(Nc1ncc([N+](=O)[O-])s1)C(F)(OC(F)(F)C(F)(OC(F)(F)C(F)(F)C(F)(F)F)C(F)(F)F)C(F)(F)F. The number of hydrogen-bond donors (Lipinski definition) is 1. The Labute approximate surface area is 197 Å². The molecule has 0 radical (unpaired) electrons. The maximum Gasteiger partial charge on any atom is 0.462 e. The third-order valence-electron chi connectivity index (χ3n) is 3.55. The number of aromatic nitrogens is 1. The van der Waals surface area contributed by atoms with Gasteiger partial charge < -0.3 is 0 Å². The molecular weight excluding hydrogens is 621 g/mol. The first-order chi connectivity index (χ1) is 16.5. The van der Waals surface area contributed by atoms with Crippen molar-refractivity contribution in [1.29, 1.82) is 0 Å². The van der Waals surface area contributed by atoms with Crippen molar-refractivity contribution in [3.8, 4) is 0 Å². The highest BCUT2D eigenvalue weighted by atomic mass is 32.1. The second-order valence-corrected chi connectivity index (χ2v) is 7.22. The van der Waals surface area contributed by atoms with Crippen molar-refractivity contribution in [2.45, 2.75) is 48.4 Å². The van der Waals surface area contributed by atoms with Crippen molar-refractivity contribution < 1.29 is 93.8 Å². The van der Waals surface area contributed by atoms with E-state index >= 15 is 0 Å². The number of anilines is 1. The molecule has 1 amide bonds. The number of rotatable bonds is 9. The molecule has 0 spiro atoms. The summed E-state index contributed by atoms with van der Waals surface area (Å²) in [5.74, 6) is -26.8. The molecule has 2 atom stereocenters. The van der Waals surface area contributed by atoms with E-state index in [4.69, 9.17) is 0 Å². The molecule has 0 saturated carbocycles. The first-order valence-electron chi connectivity index (χ1n) is 8.00. The van der Waals surface area contributed by atoms with Gasteiger partial charge in [0.05, 0.1) is 4.92 Å². The van der Waals surface area contributed by atoms with Gasteiger partial charge in [0, 0.05) is 0 Å². The van der Waals surface area contributed by atoms with Gasteiger partial charge in [-0.05, 0) is 11.3 Å². The minimum Gasteiger partial charge on any atom is -0.296 e. The van der Waals surface area contributed by atoms with Crippen LogP contribution in [0.15, 0.2) is 6.20 Å². The van der Waals surface area contributed by atoms with Crippen LogP contribution < -0.4 is 5.32 Å². The number of thiazole rings is 1. The Bertz CT molecular complexity index is 1050. The maximum atomic E-state index is 14.3. The molecule has 38 heavy (non-hydrogen) atoms. The van der Waals surface area contributed by atoms with Crippen LogP contribution in [-0.2, 0) is 14.3 Å². The summed E-state index contributed by atoms with van der Waals surface area (Å²) < 4.78 is 225. The fourth-order valence-corrected chi connectivity index (χ4v) is 2.38. The molecular formula is C12H2F17N3O5S. The quantitative estimate of drug-likeness (QED) is 0.210. The van der Waals surface area contributed by atoms with Gasteiger partial charge in [-0.1, -0.05) is 0 Å².